The molecule has 0 N–H and O–H groups in total. The number of ether oxygens (including phenoxy) is 1. The summed E-state index contributed by atoms with van der Waals surface area (Å²) in [5.74, 6) is 0.426. The van der Waals surface area contributed by atoms with E-state index in [9.17, 15) is 9.59 Å². The fourth-order valence-corrected chi connectivity index (χ4v) is 5.16. The van der Waals surface area contributed by atoms with Gasteiger partial charge in [-0.05, 0) is 6.42 Å². The number of anilines is 2. The third kappa shape index (κ3) is 3.96. The van der Waals surface area contributed by atoms with Crippen LogP contribution in [0.25, 0.3) is 0 Å². The minimum atomic E-state index is -0.163. The van der Waals surface area contributed by atoms with Crippen LogP contribution in [-0.2, 0) is 22.6 Å². The van der Waals surface area contributed by atoms with E-state index in [4.69, 9.17) is 21.3 Å². The van der Waals surface area contributed by atoms with Gasteiger partial charge in [-0.3, -0.25) is 14.5 Å². The van der Waals surface area contributed by atoms with Gasteiger partial charge < -0.3 is 14.5 Å². The van der Waals surface area contributed by atoms with E-state index in [1.807, 2.05) is 6.07 Å². The number of carbonyl (C=O) groups excluding carboxylic acids is 2. The van der Waals surface area contributed by atoms with Crippen molar-refractivity contribution in [2.75, 3.05) is 43.6 Å². The number of carbonyl (C=O) groups is 2. The molecule has 0 aromatic carbocycles. The fraction of sp³-hybridized carbons (Fsp3) is 0.500. The summed E-state index contributed by atoms with van der Waals surface area (Å²) >= 11 is 7.59. The average molecular weight is 450 g/mol. The zero-order valence-electron chi connectivity index (χ0n) is 17.2. The highest BCUT2D eigenvalue weighted by atomic mass is 35.5. The molecule has 2 amide bonds. The van der Waals surface area contributed by atoms with Gasteiger partial charge in [0.05, 0.1) is 37.2 Å². The third-order valence-electron chi connectivity index (χ3n) is 5.70. The molecule has 4 heterocycles. The Hall–Kier alpha value is -2.39. The largest absolute Gasteiger partial charge is 0.493 e. The van der Waals surface area contributed by atoms with Crippen molar-refractivity contribution >= 4 is 45.6 Å². The average Bonchev–Trinajstić information content (AvgIpc) is 3.40. The van der Waals surface area contributed by atoms with Gasteiger partial charge in [-0.1, -0.05) is 22.9 Å². The third-order valence-corrected chi connectivity index (χ3v) is 7.14. The number of aromatic nitrogens is 2. The lowest BCUT2D eigenvalue weighted by atomic mass is 10.1. The lowest BCUT2D eigenvalue weighted by Crippen LogP contribution is -2.35. The molecule has 0 bridgehead atoms. The number of methoxy groups -OCH3 is 1. The van der Waals surface area contributed by atoms with E-state index < -0.39 is 0 Å². The van der Waals surface area contributed by atoms with Gasteiger partial charge in [0, 0.05) is 51.0 Å². The summed E-state index contributed by atoms with van der Waals surface area (Å²) in [7, 11) is 3.35. The maximum Gasteiger partial charge on any atom is 0.233 e. The van der Waals surface area contributed by atoms with E-state index in [1.165, 1.54) is 0 Å². The molecule has 0 aliphatic carbocycles. The second kappa shape index (κ2) is 8.39. The molecule has 10 heteroatoms. The highest BCUT2D eigenvalue weighted by Gasteiger charge is 2.33. The number of hydrogen-bond donors (Lipinski definition) is 0. The maximum atomic E-state index is 12.9. The molecule has 160 valence electrons. The van der Waals surface area contributed by atoms with Crippen LogP contribution in [0.15, 0.2) is 12.3 Å². The summed E-state index contributed by atoms with van der Waals surface area (Å²) in [4.78, 5) is 40.1. The van der Waals surface area contributed by atoms with Gasteiger partial charge in [0.15, 0.2) is 16.0 Å². The van der Waals surface area contributed by atoms with E-state index >= 15 is 0 Å². The van der Waals surface area contributed by atoms with Crippen molar-refractivity contribution in [1.29, 1.82) is 0 Å². The zero-order valence-corrected chi connectivity index (χ0v) is 18.8. The van der Waals surface area contributed by atoms with E-state index in [1.54, 1.807) is 48.4 Å². The predicted octanol–water partition coefficient (Wildman–Crippen LogP) is 2.59. The summed E-state index contributed by atoms with van der Waals surface area (Å²) in [5, 5.41) is 1.05. The summed E-state index contributed by atoms with van der Waals surface area (Å²) in [6, 6.07) is 1.89. The number of halogens is 1. The topological polar surface area (TPSA) is 78.9 Å². The number of likely N-dealkylation sites (tertiary alicyclic amines) is 1. The maximum absolute atomic E-state index is 12.9. The van der Waals surface area contributed by atoms with E-state index in [0.717, 1.165) is 29.2 Å². The van der Waals surface area contributed by atoms with E-state index in [-0.39, 0.29) is 17.7 Å². The van der Waals surface area contributed by atoms with E-state index in [2.05, 4.69) is 9.88 Å². The van der Waals surface area contributed by atoms with Gasteiger partial charge in [0.1, 0.15) is 0 Å². The number of rotatable bonds is 4. The molecule has 0 unspecified atom stereocenters. The molecule has 8 nitrogen and oxygen atoms in total. The predicted molar refractivity (Wildman–Crippen MR) is 116 cm³/mol. The smallest absolute Gasteiger partial charge is 0.233 e. The fourth-order valence-electron chi connectivity index (χ4n) is 3.90. The Morgan fingerprint density at radius 3 is 2.87 bits per heavy atom. The molecule has 1 saturated heterocycles. The van der Waals surface area contributed by atoms with Crippen LogP contribution in [0.4, 0.5) is 10.8 Å². The summed E-state index contributed by atoms with van der Waals surface area (Å²) < 4.78 is 5.28. The zero-order chi connectivity index (χ0) is 21.4. The SMILES string of the molecule is COc1cc(N2CCc3nc(N(C)C(=O)[C@@H]4CCN(C(C)=O)C4)sc3C2)cnc1Cl. The van der Waals surface area contributed by atoms with Crippen LogP contribution in [0, 0.1) is 5.92 Å². The Bertz CT molecular complexity index is 981. The molecule has 0 spiro atoms. The minimum absolute atomic E-state index is 0.0195. The van der Waals surface area contributed by atoms with Gasteiger partial charge in [0.2, 0.25) is 11.8 Å². The van der Waals surface area contributed by atoms with Crippen LogP contribution in [0.2, 0.25) is 5.15 Å². The lowest BCUT2D eigenvalue weighted by Gasteiger charge is -2.28. The first-order valence-electron chi connectivity index (χ1n) is 9.83. The second-order valence-electron chi connectivity index (χ2n) is 7.57. The monoisotopic (exact) mass is 449 g/mol. The Labute approximate surface area is 184 Å². The second-order valence-corrected chi connectivity index (χ2v) is 8.99. The summed E-state index contributed by atoms with van der Waals surface area (Å²) in [6.07, 6.45) is 3.24. The van der Waals surface area contributed by atoms with Crippen molar-refractivity contribution in [3.8, 4) is 5.75 Å². The van der Waals surface area contributed by atoms with Crippen LogP contribution in [0.3, 0.4) is 0 Å². The van der Waals surface area contributed by atoms with E-state index in [0.29, 0.717) is 42.1 Å². The van der Waals surface area contributed by atoms with Gasteiger partial charge in [0.25, 0.3) is 0 Å². The van der Waals surface area contributed by atoms with Crippen molar-refractivity contribution in [3.63, 3.8) is 0 Å². The highest BCUT2D eigenvalue weighted by Crippen LogP contribution is 2.35. The van der Waals surface area contributed by atoms with Crippen molar-refractivity contribution in [3.05, 3.63) is 28.0 Å². The van der Waals surface area contributed by atoms with Crippen molar-refractivity contribution < 1.29 is 14.3 Å². The first kappa shape index (κ1) is 20.9. The van der Waals surface area contributed by atoms with Gasteiger partial charge in [-0.15, -0.1) is 0 Å². The highest BCUT2D eigenvalue weighted by molar-refractivity contribution is 7.16. The number of thiazole rings is 1. The molecular weight excluding hydrogens is 426 g/mol. The molecule has 1 fully saturated rings. The number of fused-ring (bicyclic) bond motifs is 1. The van der Waals surface area contributed by atoms with Gasteiger partial charge in [-0.25, -0.2) is 9.97 Å². The van der Waals surface area contributed by atoms with Crippen molar-refractivity contribution in [2.24, 2.45) is 5.92 Å². The number of pyridine rings is 1. The van der Waals surface area contributed by atoms with Crippen LogP contribution < -0.4 is 14.5 Å². The van der Waals surface area contributed by atoms with Crippen LogP contribution in [-0.4, -0.2) is 60.5 Å². The quantitative estimate of drug-likeness (QED) is 0.667. The normalized spacial score (nSPS) is 18.3. The van der Waals surface area contributed by atoms with Gasteiger partial charge >= 0.3 is 0 Å². The Balaban J connectivity index is 1.47. The van der Waals surface area contributed by atoms with Crippen LogP contribution in [0.1, 0.15) is 23.9 Å². The Morgan fingerprint density at radius 1 is 1.37 bits per heavy atom. The molecule has 2 aromatic rings. The van der Waals surface area contributed by atoms with Crippen molar-refractivity contribution in [1.82, 2.24) is 14.9 Å². The molecule has 1 atom stereocenters. The number of nitrogens with zero attached hydrogens (tertiary/aromatic N) is 5. The summed E-state index contributed by atoms with van der Waals surface area (Å²) in [5.41, 5.74) is 1.98. The van der Waals surface area contributed by atoms with Gasteiger partial charge in [-0.2, -0.15) is 0 Å². The molecular formula is C20H24ClN5O3S. The molecule has 0 saturated carbocycles. The molecule has 0 radical (unpaired) electrons. The van der Waals surface area contributed by atoms with Crippen molar-refractivity contribution in [2.45, 2.75) is 26.3 Å². The Kier molecular flexibility index (Phi) is 5.84. The standard InChI is InChI=1S/C20H24ClN5O3S/c1-12(27)25-6-4-13(10-25)19(28)24(2)20-23-15-5-7-26(11-17(15)30-20)14-8-16(29-3)18(21)22-9-14/h8-9,13H,4-7,10-11H2,1-3H3/t13-/m1/s1. The molecule has 30 heavy (non-hydrogen) atoms. The molecule has 2 aliphatic rings. The lowest BCUT2D eigenvalue weighted by molar-refractivity contribution is -0.128. The molecule has 2 aromatic heterocycles. The summed E-state index contributed by atoms with van der Waals surface area (Å²) in [6.45, 7) is 4.17. The van der Waals surface area contributed by atoms with Crippen LogP contribution in [0.5, 0.6) is 5.75 Å². The first-order chi connectivity index (χ1) is 14.4. The number of hydrogen-bond acceptors (Lipinski definition) is 7. The minimum Gasteiger partial charge on any atom is -0.493 e. The van der Waals surface area contributed by atoms with Crippen LogP contribution >= 0.6 is 22.9 Å². The molecule has 2 aliphatic heterocycles. The molecule has 4 rings (SSSR count). The first-order valence-corrected chi connectivity index (χ1v) is 11.0. The Morgan fingerprint density at radius 2 is 2.17 bits per heavy atom. The number of amides is 2.